The summed E-state index contributed by atoms with van der Waals surface area (Å²) < 4.78 is 1.80. The van der Waals surface area contributed by atoms with Crippen LogP contribution in [0, 0.1) is 40.9 Å². The lowest BCUT2D eigenvalue weighted by atomic mass is 9.49. The Morgan fingerprint density at radius 3 is 2.68 bits per heavy atom. The fourth-order valence-electron chi connectivity index (χ4n) is 8.27. The molecule has 1 aromatic heterocycles. The Morgan fingerprint density at radius 2 is 1.89 bits per heavy atom. The molecule has 8 atom stereocenters. The van der Waals surface area contributed by atoms with E-state index >= 15 is 0 Å². The van der Waals surface area contributed by atoms with Gasteiger partial charge in [-0.05, 0) is 106 Å². The average Bonchev–Trinajstić information content (AvgIpc) is 3.27. The maximum Gasteiger partial charge on any atom is 0.157 e. The summed E-state index contributed by atoms with van der Waals surface area (Å²) >= 11 is 0. The molecular formula is C24H36N2O2. The second-order valence-corrected chi connectivity index (χ2v) is 11.0. The fraction of sp³-hybridized carbons (Fsp3) is 0.833. The van der Waals surface area contributed by atoms with Crippen molar-refractivity contribution in [3.8, 4) is 0 Å². The van der Waals surface area contributed by atoms with E-state index in [4.69, 9.17) is 0 Å². The molecule has 0 aliphatic heterocycles. The minimum atomic E-state index is -0.436. The third kappa shape index (κ3) is 2.98. The molecule has 0 spiro atoms. The molecule has 1 heterocycles. The standard InChI is InChI=1S/C24H36N2O2/c1-23(28)10-8-17-16(14-23)4-5-19-18(17)9-11-24(2)20(19)6-7-21(24)22(27)15-26-13-3-12-25-26/h3,12-13,16-21,28H,4-11,14-15H2,1-2H3. The number of carbonyl (C=O) groups excluding carboxylic acids is 1. The first kappa shape index (κ1) is 18.8. The van der Waals surface area contributed by atoms with Gasteiger partial charge >= 0.3 is 0 Å². The summed E-state index contributed by atoms with van der Waals surface area (Å²) in [6, 6.07) is 1.90. The lowest BCUT2D eigenvalue weighted by Crippen LogP contribution is -2.51. The summed E-state index contributed by atoms with van der Waals surface area (Å²) in [7, 11) is 0. The number of aromatic nitrogens is 2. The van der Waals surface area contributed by atoms with Crippen LogP contribution >= 0.6 is 0 Å². The van der Waals surface area contributed by atoms with Crippen LogP contribution in [0.1, 0.15) is 71.6 Å². The van der Waals surface area contributed by atoms with Gasteiger partial charge < -0.3 is 5.11 Å². The van der Waals surface area contributed by atoms with E-state index in [9.17, 15) is 9.90 Å². The normalized spacial score (nSPS) is 47.8. The second kappa shape index (κ2) is 6.68. The van der Waals surface area contributed by atoms with Crippen molar-refractivity contribution >= 4 is 5.78 Å². The zero-order valence-electron chi connectivity index (χ0n) is 17.5. The van der Waals surface area contributed by atoms with Gasteiger partial charge in [0.1, 0.15) is 0 Å². The van der Waals surface area contributed by atoms with E-state index in [1.165, 1.54) is 38.5 Å². The number of hydrogen-bond donors (Lipinski definition) is 1. The summed E-state index contributed by atoms with van der Waals surface area (Å²) in [5.41, 5.74) is -0.243. The third-order valence-electron chi connectivity index (χ3n) is 9.50. The zero-order valence-corrected chi connectivity index (χ0v) is 17.5. The summed E-state index contributed by atoms with van der Waals surface area (Å²) in [5.74, 6) is 4.54. The van der Waals surface area contributed by atoms with Crippen molar-refractivity contribution in [3.63, 3.8) is 0 Å². The van der Waals surface area contributed by atoms with E-state index in [0.29, 0.717) is 12.3 Å². The van der Waals surface area contributed by atoms with Gasteiger partial charge in [0.15, 0.2) is 5.78 Å². The van der Waals surface area contributed by atoms with E-state index < -0.39 is 5.60 Å². The summed E-state index contributed by atoms with van der Waals surface area (Å²) in [5, 5.41) is 14.8. The van der Waals surface area contributed by atoms with Crippen LogP contribution in [0.4, 0.5) is 0 Å². The van der Waals surface area contributed by atoms with Crippen molar-refractivity contribution in [2.24, 2.45) is 40.9 Å². The van der Waals surface area contributed by atoms with Gasteiger partial charge in [-0.25, -0.2) is 0 Å². The molecule has 4 saturated carbocycles. The minimum Gasteiger partial charge on any atom is -0.390 e. The van der Waals surface area contributed by atoms with Crippen molar-refractivity contribution in [1.29, 1.82) is 0 Å². The van der Waals surface area contributed by atoms with Crippen molar-refractivity contribution in [2.75, 3.05) is 0 Å². The van der Waals surface area contributed by atoms with Gasteiger partial charge in [-0.1, -0.05) is 6.92 Å². The van der Waals surface area contributed by atoms with Crippen molar-refractivity contribution in [3.05, 3.63) is 18.5 Å². The van der Waals surface area contributed by atoms with Crippen LogP contribution in [-0.2, 0) is 11.3 Å². The van der Waals surface area contributed by atoms with Gasteiger partial charge in [-0.3, -0.25) is 9.48 Å². The molecule has 1 N–H and O–H groups in total. The predicted octanol–water partition coefficient (Wildman–Crippen LogP) is 4.47. The molecule has 4 fully saturated rings. The summed E-state index contributed by atoms with van der Waals surface area (Å²) in [6.07, 6.45) is 14.3. The SMILES string of the molecule is CC1(O)CCC2C(CCC3C2CCC2(C)C(C(=O)Cn4cccn4)CCC32)C1. The Morgan fingerprint density at radius 1 is 1.07 bits per heavy atom. The van der Waals surface area contributed by atoms with Gasteiger partial charge in [0.25, 0.3) is 0 Å². The van der Waals surface area contributed by atoms with Gasteiger partial charge in [0.2, 0.25) is 0 Å². The molecule has 4 aliphatic rings. The number of carbonyl (C=O) groups is 1. The highest BCUT2D eigenvalue weighted by molar-refractivity contribution is 5.82. The molecule has 0 aromatic carbocycles. The predicted molar refractivity (Wildman–Crippen MR) is 108 cm³/mol. The van der Waals surface area contributed by atoms with Crippen molar-refractivity contribution < 1.29 is 9.90 Å². The van der Waals surface area contributed by atoms with Gasteiger partial charge in [0, 0.05) is 18.3 Å². The summed E-state index contributed by atoms with van der Waals surface area (Å²) in [6.45, 7) is 4.91. The molecule has 1 aromatic rings. The van der Waals surface area contributed by atoms with E-state index in [1.54, 1.807) is 10.9 Å². The van der Waals surface area contributed by atoms with E-state index in [-0.39, 0.29) is 11.3 Å². The summed E-state index contributed by atoms with van der Waals surface area (Å²) in [4.78, 5) is 13.1. The molecule has 5 rings (SSSR count). The molecule has 4 heteroatoms. The Bertz CT molecular complexity index is 727. The molecule has 4 nitrogen and oxygen atoms in total. The molecule has 0 amide bonds. The number of aliphatic hydroxyl groups is 1. The number of hydrogen-bond acceptors (Lipinski definition) is 3. The van der Waals surface area contributed by atoms with E-state index in [1.807, 2.05) is 19.2 Å². The highest BCUT2D eigenvalue weighted by Gasteiger charge is 2.58. The largest absolute Gasteiger partial charge is 0.390 e. The third-order valence-corrected chi connectivity index (χ3v) is 9.50. The highest BCUT2D eigenvalue weighted by atomic mass is 16.3. The van der Waals surface area contributed by atoms with Crippen LogP contribution in [0.15, 0.2) is 18.5 Å². The first-order valence-electron chi connectivity index (χ1n) is 11.6. The van der Waals surface area contributed by atoms with Gasteiger partial charge in [-0.15, -0.1) is 0 Å². The van der Waals surface area contributed by atoms with E-state index in [0.717, 1.165) is 48.9 Å². The molecule has 0 bridgehead atoms. The number of fused-ring (bicyclic) bond motifs is 5. The van der Waals surface area contributed by atoms with Crippen LogP contribution < -0.4 is 0 Å². The molecule has 154 valence electrons. The lowest BCUT2D eigenvalue weighted by molar-refractivity contribution is -0.133. The monoisotopic (exact) mass is 384 g/mol. The quantitative estimate of drug-likeness (QED) is 0.836. The fourth-order valence-corrected chi connectivity index (χ4v) is 8.27. The molecule has 28 heavy (non-hydrogen) atoms. The Balaban J connectivity index is 1.32. The van der Waals surface area contributed by atoms with Gasteiger partial charge in [-0.2, -0.15) is 5.10 Å². The molecule has 0 saturated heterocycles. The molecular weight excluding hydrogens is 348 g/mol. The maximum atomic E-state index is 13.1. The zero-order chi connectivity index (χ0) is 19.5. The van der Waals surface area contributed by atoms with Crippen LogP contribution in [0.25, 0.3) is 0 Å². The molecule has 0 radical (unpaired) electrons. The Hall–Kier alpha value is -1.16. The van der Waals surface area contributed by atoms with Gasteiger partial charge in [0.05, 0.1) is 12.1 Å². The first-order chi connectivity index (χ1) is 13.4. The Labute approximate surface area is 169 Å². The Kier molecular flexibility index (Phi) is 4.50. The molecule has 4 aliphatic carbocycles. The van der Waals surface area contributed by atoms with E-state index in [2.05, 4.69) is 12.0 Å². The first-order valence-corrected chi connectivity index (χ1v) is 11.6. The number of nitrogens with zero attached hydrogens (tertiary/aromatic N) is 2. The van der Waals surface area contributed by atoms with Crippen LogP contribution in [-0.4, -0.2) is 26.3 Å². The minimum absolute atomic E-state index is 0.193. The smallest absolute Gasteiger partial charge is 0.157 e. The number of Topliss-reactive ketones (excluding diaryl/α,β-unsaturated/α-hetero) is 1. The topological polar surface area (TPSA) is 55.1 Å². The number of ketones is 1. The van der Waals surface area contributed by atoms with Crippen molar-refractivity contribution in [2.45, 2.75) is 83.8 Å². The van der Waals surface area contributed by atoms with Crippen molar-refractivity contribution in [1.82, 2.24) is 9.78 Å². The van der Waals surface area contributed by atoms with Crippen LogP contribution in [0.5, 0.6) is 0 Å². The highest BCUT2D eigenvalue weighted by Crippen LogP contribution is 2.64. The lowest BCUT2D eigenvalue weighted by Gasteiger charge is -2.56. The van der Waals surface area contributed by atoms with Crippen LogP contribution in [0.3, 0.4) is 0 Å². The molecule has 8 unspecified atom stereocenters. The average molecular weight is 385 g/mol. The van der Waals surface area contributed by atoms with Crippen LogP contribution in [0.2, 0.25) is 0 Å². The maximum absolute atomic E-state index is 13.1. The number of rotatable bonds is 3. The second-order valence-electron chi connectivity index (χ2n) is 11.0.